The minimum Gasteiger partial charge on any atom is -0.302 e. The van der Waals surface area contributed by atoms with Crippen LogP contribution >= 0.6 is 22.7 Å². The highest BCUT2D eigenvalue weighted by Gasteiger charge is 2.33. The largest absolute Gasteiger partial charge is 0.427 e. The summed E-state index contributed by atoms with van der Waals surface area (Å²) in [7, 11) is 0. The number of fused-ring (bicyclic) bond motifs is 1. The number of alkyl halides is 3. The lowest BCUT2D eigenvalue weighted by Crippen LogP contribution is -2.13. The molecule has 2 aromatic heterocycles. The summed E-state index contributed by atoms with van der Waals surface area (Å²) < 4.78 is 38.6. The topological polar surface area (TPSA) is 42.0 Å². The molecule has 0 aliphatic heterocycles. The second kappa shape index (κ2) is 5.93. The summed E-state index contributed by atoms with van der Waals surface area (Å²) in [4.78, 5) is 15.7. The number of thiazole rings is 1. The van der Waals surface area contributed by atoms with Crippen molar-refractivity contribution >= 4 is 43.8 Å². The number of aromatic nitrogens is 1. The molecule has 2 heterocycles. The van der Waals surface area contributed by atoms with Crippen LogP contribution < -0.4 is 5.32 Å². The Balaban J connectivity index is 1.74. The van der Waals surface area contributed by atoms with Gasteiger partial charge in [-0.1, -0.05) is 29.5 Å². The smallest absolute Gasteiger partial charge is 0.302 e. The van der Waals surface area contributed by atoms with Crippen molar-refractivity contribution in [3.63, 3.8) is 0 Å². The first-order valence-electron chi connectivity index (χ1n) is 6.64. The molecule has 120 valence electrons. The molecule has 0 unspecified atom stereocenters. The Hall–Kier alpha value is -1.93. The van der Waals surface area contributed by atoms with Gasteiger partial charge < -0.3 is 5.32 Å². The zero-order valence-electron chi connectivity index (χ0n) is 11.9. The summed E-state index contributed by atoms with van der Waals surface area (Å²) in [6, 6.07) is 7.82. The predicted molar refractivity (Wildman–Crippen MR) is 86.0 cm³/mol. The van der Waals surface area contributed by atoms with Gasteiger partial charge >= 0.3 is 6.18 Å². The van der Waals surface area contributed by atoms with Crippen molar-refractivity contribution in [2.75, 3.05) is 5.32 Å². The van der Waals surface area contributed by atoms with Gasteiger partial charge in [0, 0.05) is 9.58 Å². The van der Waals surface area contributed by atoms with E-state index in [9.17, 15) is 18.0 Å². The number of carbonyl (C=O) groups excluding carboxylic acids is 1. The van der Waals surface area contributed by atoms with Crippen molar-refractivity contribution < 1.29 is 18.0 Å². The monoisotopic (exact) mass is 356 g/mol. The number of nitrogens with one attached hydrogen (secondary N) is 1. The Bertz CT molecular complexity index is 867. The highest BCUT2D eigenvalue weighted by atomic mass is 32.1. The van der Waals surface area contributed by atoms with Crippen LogP contribution in [0.1, 0.15) is 15.3 Å². The maximum atomic E-state index is 12.5. The van der Waals surface area contributed by atoms with Crippen molar-refractivity contribution in [2.24, 2.45) is 0 Å². The Kier molecular flexibility index (Phi) is 4.11. The molecule has 1 N–H and O–H groups in total. The van der Waals surface area contributed by atoms with E-state index in [2.05, 4.69) is 10.3 Å². The quantitative estimate of drug-likeness (QED) is 0.728. The third-order valence-electron chi connectivity index (χ3n) is 3.30. The van der Waals surface area contributed by atoms with Crippen molar-refractivity contribution in [3.8, 4) is 0 Å². The number of amides is 1. The molecule has 1 aromatic carbocycles. The van der Waals surface area contributed by atoms with E-state index in [1.54, 1.807) is 0 Å². The van der Waals surface area contributed by atoms with Crippen LogP contribution in [0.4, 0.5) is 18.3 Å². The Morgan fingerprint density at radius 2 is 2.00 bits per heavy atom. The second-order valence-electron chi connectivity index (χ2n) is 4.90. The molecule has 0 atom stereocenters. The first-order chi connectivity index (χ1) is 10.8. The molecule has 23 heavy (non-hydrogen) atoms. The Morgan fingerprint density at radius 1 is 1.26 bits per heavy atom. The van der Waals surface area contributed by atoms with E-state index in [0.29, 0.717) is 11.3 Å². The number of anilines is 1. The lowest BCUT2D eigenvalue weighted by Gasteiger charge is -2.02. The van der Waals surface area contributed by atoms with Gasteiger partial charge in [-0.15, -0.1) is 11.3 Å². The summed E-state index contributed by atoms with van der Waals surface area (Å²) in [6.45, 7) is 1.94. The predicted octanol–water partition coefficient (Wildman–Crippen LogP) is 4.87. The number of hydrogen-bond donors (Lipinski definition) is 1. The third-order valence-corrected chi connectivity index (χ3v) is 5.53. The van der Waals surface area contributed by atoms with Gasteiger partial charge in [0.25, 0.3) is 0 Å². The van der Waals surface area contributed by atoms with Gasteiger partial charge in [0.05, 0.1) is 12.6 Å². The maximum absolute atomic E-state index is 12.5. The SMILES string of the molecule is Cc1c(CC(=O)Nc2ncc(C(F)(F)F)s2)sc2ccccc12. The number of rotatable bonds is 3. The van der Waals surface area contributed by atoms with E-state index in [4.69, 9.17) is 0 Å². The second-order valence-corrected chi connectivity index (χ2v) is 7.07. The van der Waals surface area contributed by atoms with Gasteiger partial charge in [0.2, 0.25) is 5.91 Å². The molecule has 0 aliphatic rings. The van der Waals surface area contributed by atoms with Gasteiger partial charge in [-0.2, -0.15) is 13.2 Å². The fourth-order valence-corrected chi connectivity index (χ4v) is 4.08. The Labute approximate surface area is 137 Å². The molecule has 3 aromatic rings. The molecular weight excluding hydrogens is 345 g/mol. The van der Waals surface area contributed by atoms with Gasteiger partial charge in [0.15, 0.2) is 5.13 Å². The van der Waals surface area contributed by atoms with Crippen LogP contribution in [-0.2, 0) is 17.4 Å². The minimum absolute atomic E-state index is 0.0407. The zero-order chi connectivity index (χ0) is 16.6. The third kappa shape index (κ3) is 3.37. The summed E-state index contributed by atoms with van der Waals surface area (Å²) in [5, 5.41) is 3.48. The van der Waals surface area contributed by atoms with Crippen LogP contribution in [0, 0.1) is 6.92 Å². The van der Waals surface area contributed by atoms with Crippen LogP contribution in [0.3, 0.4) is 0 Å². The van der Waals surface area contributed by atoms with Gasteiger partial charge in [-0.3, -0.25) is 4.79 Å². The van der Waals surface area contributed by atoms with Crippen molar-refractivity contribution in [1.29, 1.82) is 0 Å². The van der Waals surface area contributed by atoms with Crippen molar-refractivity contribution in [3.05, 3.63) is 45.8 Å². The zero-order valence-corrected chi connectivity index (χ0v) is 13.5. The molecule has 3 rings (SSSR count). The van der Waals surface area contributed by atoms with Gasteiger partial charge in [-0.25, -0.2) is 4.98 Å². The number of hydrogen-bond acceptors (Lipinski definition) is 4. The van der Waals surface area contributed by atoms with Crippen LogP contribution in [-0.4, -0.2) is 10.9 Å². The lowest BCUT2D eigenvalue weighted by molar-refractivity contribution is -0.134. The number of nitrogens with zero attached hydrogens (tertiary/aromatic N) is 1. The van der Waals surface area contributed by atoms with E-state index in [1.807, 2.05) is 31.2 Å². The molecule has 0 aliphatic carbocycles. The van der Waals surface area contributed by atoms with E-state index >= 15 is 0 Å². The molecular formula is C15H11F3N2OS2. The molecule has 0 saturated heterocycles. The number of halogens is 3. The normalized spacial score (nSPS) is 11.8. The molecule has 0 bridgehead atoms. The van der Waals surface area contributed by atoms with Crippen LogP contribution in [0.15, 0.2) is 30.5 Å². The lowest BCUT2D eigenvalue weighted by atomic mass is 10.1. The molecule has 1 amide bonds. The van der Waals surface area contributed by atoms with E-state index < -0.39 is 11.1 Å². The summed E-state index contributed by atoms with van der Waals surface area (Å²) >= 11 is 1.94. The number of aryl methyl sites for hydroxylation is 1. The molecule has 0 radical (unpaired) electrons. The maximum Gasteiger partial charge on any atom is 0.427 e. The highest BCUT2D eigenvalue weighted by Crippen LogP contribution is 2.35. The number of carbonyl (C=O) groups is 1. The van der Waals surface area contributed by atoms with E-state index in [1.165, 1.54) is 11.3 Å². The highest BCUT2D eigenvalue weighted by molar-refractivity contribution is 7.19. The van der Waals surface area contributed by atoms with Gasteiger partial charge in [-0.05, 0) is 23.9 Å². The first kappa shape index (κ1) is 15.9. The summed E-state index contributed by atoms with van der Waals surface area (Å²) in [5.41, 5.74) is 1.02. The number of benzene rings is 1. The molecule has 0 fully saturated rings. The van der Waals surface area contributed by atoms with Gasteiger partial charge in [0.1, 0.15) is 4.88 Å². The minimum atomic E-state index is -4.44. The van der Waals surface area contributed by atoms with Crippen LogP contribution in [0.25, 0.3) is 10.1 Å². The first-order valence-corrected chi connectivity index (χ1v) is 8.28. The standard InChI is InChI=1S/C15H11F3N2OS2/c1-8-9-4-2-3-5-10(9)22-11(8)6-13(21)20-14-19-7-12(23-14)15(16,17)18/h2-5,7H,6H2,1H3,(H,19,20,21). The number of thiophene rings is 1. The van der Waals surface area contributed by atoms with Crippen molar-refractivity contribution in [2.45, 2.75) is 19.5 Å². The van der Waals surface area contributed by atoms with E-state index in [0.717, 1.165) is 26.7 Å². The average Bonchev–Trinajstić information content (AvgIpc) is 3.05. The Morgan fingerprint density at radius 3 is 2.65 bits per heavy atom. The molecule has 8 heteroatoms. The molecule has 0 saturated carbocycles. The average molecular weight is 356 g/mol. The molecule has 0 spiro atoms. The van der Waals surface area contributed by atoms with Crippen LogP contribution in [0.5, 0.6) is 0 Å². The van der Waals surface area contributed by atoms with E-state index in [-0.39, 0.29) is 17.5 Å². The van der Waals surface area contributed by atoms with Crippen LogP contribution in [0.2, 0.25) is 0 Å². The fraction of sp³-hybridized carbons (Fsp3) is 0.200. The van der Waals surface area contributed by atoms with Crippen molar-refractivity contribution in [1.82, 2.24) is 4.98 Å². The summed E-state index contributed by atoms with van der Waals surface area (Å²) in [6.07, 6.45) is -3.60. The fourth-order valence-electron chi connectivity index (χ4n) is 2.17. The molecule has 3 nitrogen and oxygen atoms in total. The summed E-state index contributed by atoms with van der Waals surface area (Å²) in [5.74, 6) is -0.372.